The van der Waals surface area contributed by atoms with Crippen molar-refractivity contribution in [3.63, 3.8) is 0 Å². The van der Waals surface area contributed by atoms with E-state index in [0.717, 1.165) is 65.0 Å². The minimum absolute atomic E-state index is 0.151. The summed E-state index contributed by atoms with van der Waals surface area (Å²) in [5.74, 6) is 1.32. The quantitative estimate of drug-likeness (QED) is 0.0622. The van der Waals surface area contributed by atoms with Crippen LogP contribution in [0, 0.1) is 5.82 Å². The van der Waals surface area contributed by atoms with Crippen LogP contribution in [0.2, 0.25) is 5.02 Å². The van der Waals surface area contributed by atoms with Crippen molar-refractivity contribution in [3.8, 4) is 0 Å². The molecule has 0 spiro atoms. The van der Waals surface area contributed by atoms with Crippen LogP contribution >= 0.6 is 34.3 Å². The third-order valence-corrected chi connectivity index (χ3v) is 12.5. The molecule has 8 rings (SSSR count). The average Bonchev–Trinajstić information content (AvgIpc) is 3.82. The fourth-order valence-electron chi connectivity index (χ4n) is 6.70. The highest BCUT2D eigenvalue weighted by molar-refractivity contribution is 7.16. The van der Waals surface area contributed by atoms with Crippen molar-refractivity contribution in [2.24, 2.45) is 0 Å². The molecule has 0 radical (unpaired) electrons. The molecule has 0 bridgehead atoms. The van der Waals surface area contributed by atoms with Gasteiger partial charge in [0.05, 0.1) is 16.4 Å². The van der Waals surface area contributed by atoms with Gasteiger partial charge in [0.1, 0.15) is 17.5 Å². The topological polar surface area (TPSA) is 192 Å². The lowest BCUT2D eigenvalue weighted by Crippen LogP contribution is -2.20. The molecule has 2 aliphatic carbocycles. The van der Waals surface area contributed by atoms with Gasteiger partial charge in [-0.25, -0.2) is 33.9 Å². The molecule has 6 N–H and O–H groups in total. The van der Waals surface area contributed by atoms with Crippen LogP contribution in [0.25, 0.3) is 0 Å². The molecule has 18 heteroatoms. The zero-order valence-corrected chi connectivity index (χ0v) is 37.0. The summed E-state index contributed by atoms with van der Waals surface area (Å²) >= 11 is 9.02. The zero-order chi connectivity index (χ0) is 44.3. The Morgan fingerprint density at radius 2 is 1.10 bits per heavy atom. The second kappa shape index (κ2) is 21.2. The number of aromatic nitrogens is 4. The van der Waals surface area contributed by atoms with Gasteiger partial charge < -0.3 is 21.3 Å². The van der Waals surface area contributed by atoms with Crippen LogP contribution in [-0.2, 0) is 35.3 Å². The molecule has 2 aromatic carbocycles. The van der Waals surface area contributed by atoms with Crippen molar-refractivity contribution in [2.45, 2.75) is 83.5 Å². The first-order valence-corrected chi connectivity index (χ1v) is 22.5. The van der Waals surface area contributed by atoms with Gasteiger partial charge in [0.15, 0.2) is 10.3 Å². The summed E-state index contributed by atoms with van der Waals surface area (Å²) in [5.41, 5.74) is 5.14. The highest BCUT2D eigenvalue weighted by Gasteiger charge is 2.24. The van der Waals surface area contributed by atoms with Crippen LogP contribution in [0.3, 0.4) is 0 Å². The Bertz CT molecular complexity index is 2600. The molecular formula is C45H46ClFN10O4S2. The second-order valence-electron chi connectivity index (χ2n) is 15.3. The Hall–Kier alpha value is -6.30. The zero-order valence-electron chi connectivity index (χ0n) is 34.6. The molecule has 0 unspecified atom stereocenters. The van der Waals surface area contributed by atoms with Crippen molar-refractivity contribution in [1.29, 1.82) is 0 Å². The number of halogens is 2. The lowest BCUT2D eigenvalue weighted by Gasteiger charge is -2.26. The molecule has 0 aliphatic heterocycles. The maximum absolute atomic E-state index is 14.1. The Balaban J connectivity index is 0.000000189. The average molecular weight is 910 g/mol. The van der Waals surface area contributed by atoms with Crippen molar-refractivity contribution in [3.05, 3.63) is 128 Å². The van der Waals surface area contributed by atoms with Gasteiger partial charge in [-0.3, -0.25) is 20.2 Å². The first-order valence-electron chi connectivity index (χ1n) is 20.5. The third-order valence-electron chi connectivity index (χ3n) is 10.2. The predicted octanol–water partition coefficient (Wildman–Crippen LogP) is 10.8. The highest BCUT2D eigenvalue weighted by Crippen LogP contribution is 2.42. The van der Waals surface area contributed by atoms with Crippen LogP contribution in [0.15, 0.2) is 85.5 Å². The van der Waals surface area contributed by atoms with Gasteiger partial charge in [-0.05, 0) is 134 Å². The van der Waals surface area contributed by atoms with E-state index in [1.54, 1.807) is 36.9 Å². The summed E-state index contributed by atoms with van der Waals surface area (Å²) in [6.07, 6.45) is 15.6. The molecule has 0 saturated heterocycles. The molecule has 2 saturated carbocycles. The van der Waals surface area contributed by atoms with E-state index in [9.17, 15) is 23.6 Å². The SMILES string of the molecule is CC(=O)Nc1cc(CCc2cnc(NC(=O)Nc3cc(C4CC4)ccc3Cl)s2)ccn1.CC(=O)Nc1cc(CCc2cnc(NC(=O)Nc3cc(C4CCC4)ccc3F)s2)ccn1. The number of nitrogens with one attached hydrogen (secondary N) is 6. The van der Waals surface area contributed by atoms with E-state index in [1.807, 2.05) is 42.5 Å². The maximum Gasteiger partial charge on any atom is 0.325 e. The van der Waals surface area contributed by atoms with Gasteiger partial charge in [0, 0.05) is 48.4 Å². The fraction of sp³-hybridized carbons (Fsp3) is 0.289. The first kappa shape index (κ1) is 44.7. The highest BCUT2D eigenvalue weighted by atomic mass is 35.5. The molecule has 14 nitrogen and oxygen atoms in total. The van der Waals surface area contributed by atoms with Gasteiger partial charge in [0.25, 0.3) is 0 Å². The van der Waals surface area contributed by atoms with E-state index in [0.29, 0.717) is 44.4 Å². The molecule has 2 fully saturated rings. The number of pyridine rings is 2. The number of nitrogens with zero attached hydrogens (tertiary/aromatic N) is 4. The molecule has 0 atom stereocenters. The summed E-state index contributed by atoms with van der Waals surface area (Å²) in [7, 11) is 0. The van der Waals surface area contributed by atoms with Crippen LogP contribution < -0.4 is 31.9 Å². The minimum atomic E-state index is -0.523. The van der Waals surface area contributed by atoms with Crippen molar-refractivity contribution < 1.29 is 23.6 Å². The van der Waals surface area contributed by atoms with Gasteiger partial charge in [-0.1, -0.05) is 30.2 Å². The predicted molar refractivity (Wildman–Crippen MR) is 248 cm³/mol. The van der Waals surface area contributed by atoms with Crippen LogP contribution in [0.1, 0.15) is 89.8 Å². The fourth-order valence-corrected chi connectivity index (χ4v) is 8.48. The number of benzene rings is 2. The van der Waals surface area contributed by atoms with Gasteiger partial charge in [-0.15, -0.1) is 22.7 Å². The Morgan fingerprint density at radius 1 is 0.603 bits per heavy atom. The maximum atomic E-state index is 14.1. The van der Waals surface area contributed by atoms with Crippen molar-refractivity contribution in [1.82, 2.24) is 19.9 Å². The molecule has 63 heavy (non-hydrogen) atoms. The molecule has 6 aromatic rings. The van der Waals surface area contributed by atoms with E-state index >= 15 is 0 Å². The largest absolute Gasteiger partial charge is 0.325 e. The number of anilines is 6. The van der Waals surface area contributed by atoms with E-state index in [2.05, 4.69) is 51.8 Å². The first-order chi connectivity index (χ1) is 30.4. The van der Waals surface area contributed by atoms with Gasteiger partial charge >= 0.3 is 12.1 Å². The lowest BCUT2D eigenvalue weighted by molar-refractivity contribution is -0.115. The third kappa shape index (κ3) is 13.6. The molecule has 2 aliphatic rings. The van der Waals surface area contributed by atoms with Gasteiger partial charge in [0.2, 0.25) is 11.8 Å². The number of amides is 6. The number of carbonyl (C=O) groups excluding carboxylic acids is 4. The molecule has 4 heterocycles. The number of thiazole rings is 2. The van der Waals surface area contributed by atoms with E-state index in [-0.39, 0.29) is 23.5 Å². The molecule has 4 aromatic heterocycles. The normalized spacial score (nSPS) is 13.1. The summed E-state index contributed by atoms with van der Waals surface area (Å²) in [4.78, 5) is 65.9. The van der Waals surface area contributed by atoms with E-state index in [4.69, 9.17) is 11.6 Å². The molecule has 6 amide bonds. The standard InChI is InChI=1S/C23H24FN5O2S.C22H22ClN5O2S/c1-14(30)27-21-11-15(9-10-25-21)5-7-18-13-26-23(32-18)29-22(31)28-20-12-17(6-8-19(20)24)16-3-2-4-16;1-13(29)26-20-10-14(8-9-24-20)2-6-17-12-25-22(31-17)28-21(30)27-19-11-16(15-3-4-15)5-7-18(19)23/h6,8-13,16H,2-5,7H2,1H3,(H,25,27,30)(H2,26,28,29,31);5,7-12,15H,2-4,6H2,1H3,(H,24,26,29)(H2,25,27,28,30). The molecule has 326 valence electrons. The van der Waals surface area contributed by atoms with Crippen molar-refractivity contribution >= 4 is 91.4 Å². The van der Waals surface area contributed by atoms with Crippen LogP contribution in [0.5, 0.6) is 0 Å². The second-order valence-corrected chi connectivity index (χ2v) is 17.9. The van der Waals surface area contributed by atoms with Crippen LogP contribution in [0.4, 0.5) is 47.3 Å². The smallest absolute Gasteiger partial charge is 0.311 e. The monoisotopic (exact) mass is 908 g/mol. The number of rotatable bonds is 14. The Morgan fingerprint density at radius 3 is 1.59 bits per heavy atom. The lowest BCUT2D eigenvalue weighted by atomic mass is 9.80. The van der Waals surface area contributed by atoms with E-state index < -0.39 is 11.8 Å². The number of hydrogen-bond acceptors (Lipinski definition) is 10. The number of carbonyl (C=O) groups is 4. The summed E-state index contributed by atoms with van der Waals surface area (Å²) in [6, 6.07) is 17.3. The van der Waals surface area contributed by atoms with E-state index in [1.165, 1.54) is 67.4 Å². The number of aryl methyl sites for hydroxylation is 4. The Labute approximate surface area is 376 Å². The summed E-state index contributed by atoms with van der Waals surface area (Å²) in [6.45, 7) is 2.89. The van der Waals surface area contributed by atoms with Gasteiger partial charge in [-0.2, -0.15) is 0 Å². The summed E-state index contributed by atoms with van der Waals surface area (Å²) < 4.78 is 14.1. The summed E-state index contributed by atoms with van der Waals surface area (Å²) in [5, 5.41) is 17.7. The minimum Gasteiger partial charge on any atom is -0.311 e. The van der Waals surface area contributed by atoms with Crippen molar-refractivity contribution in [2.75, 3.05) is 31.9 Å². The number of urea groups is 2. The molecular weight excluding hydrogens is 863 g/mol. The Kier molecular flexibility index (Phi) is 15.0. The van der Waals surface area contributed by atoms with Crippen LogP contribution in [-0.4, -0.2) is 43.8 Å². The number of hydrogen-bond donors (Lipinski definition) is 6.